The van der Waals surface area contributed by atoms with Crippen LogP contribution in [0.25, 0.3) is 0 Å². The van der Waals surface area contributed by atoms with Crippen molar-refractivity contribution in [2.24, 2.45) is 0 Å². The van der Waals surface area contributed by atoms with Crippen molar-refractivity contribution in [1.82, 2.24) is 0 Å². The zero-order chi connectivity index (χ0) is 26.4. The first-order valence-corrected chi connectivity index (χ1v) is 12.6. The molecular weight excluding hydrogens is 533 g/mol. The number of nitrogens with one attached hydrogen (secondary N) is 2. The third-order valence-electron chi connectivity index (χ3n) is 5.23. The zero-order valence-corrected chi connectivity index (χ0v) is 21.4. The van der Waals surface area contributed by atoms with Gasteiger partial charge in [0.25, 0.3) is 11.6 Å². The van der Waals surface area contributed by atoms with Gasteiger partial charge in [-0.05, 0) is 60.2 Å². The molecule has 4 rings (SSSR count). The Morgan fingerprint density at radius 3 is 2.16 bits per heavy atom. The summed E-state index contributed by atoms with van der Waals surface area (Å²) in [4.78, 5) is 36.9. The topological polar surface area (TPSA) is 101 Å². The second-order valence-corrected chi connectivity index (χ2v) is 9.83. The van der Waals surface area contributed by atoms with E-state index in [2.05, 4.69) is 10.6 Å². The summed E-state index contributed by atoms with van der Waals surface area (Å²) in [6.45, 7) is 0. The van der Waals surface area contributed by atoms with Crippen molar-refractivity contribution < 1.29 is 14.5 Å². The number of non-ortho nitro benzene ring substituents is 1. The van der Waals surface area contributed by atoms with E-state index in [4.69, 9.17) is 23.2 Å². The van der Waals surface area contributed by atoms with E-state index in [1.165, 1.54) is 36.0 Å². The van der Waals surface area contributed by atoms with Crippen molar-refractivity contribution in [3.8, 4) is 0 Å². The Labute approximate surface area is 227 Å². The van der Waals surface area contributed by atoms with Crippen LogP contribution in [0.15, 0.2) is 102 Å². The molecule has 0 aliphatic carbocycles. The molecule has 0 aliphatic heterocycles. The van der Waals surface area contributed by atoms with Gasteiger partial charge in [0.05, 0.1) is 15.6 Å². The molecule has 4 aromatic rings. The lowest BCUT2D eigenvalue weighted by atomic mass is 10.1. The number of benzene rings is 4. The zero-order valence-electron chi connectivity index (χ0n) is 19.1. The molecule has 0 aliphatic rings. The van der Waals surface area contributed by atoms with Crippen LogP contribution in [0.2, 0.25) is 10.0 Å². The average molecular weight is 552 g/mol. The predicted octanol–water partition coefficient (Wildman–Crippen LogP) is 7.63. The van der Waals surface area contributed by atoms with Gasteiger partial charge in [-0.3, -0.25) is 19.7 Å². The van der Waals surface area contributed by atoms with Crippen LogP contribution < -0.4 is 10.6 Å². The van der Waals surface area contributed by atoms with Crippen molar-refractivity contribution >= 4 is 63.8 Å². The maximum Gasteiger partial charge on any atom is 0.269 e. The quantitative estimate of drug-likeness (QED) is 0.133. The van der Waals surface area contributed by atoms with Gasteiger partial charge < -0.3 is 10.6 Å². The second kappa shape index (κ2) is 11.9. The third kappa shape index (κ3) is 6.89. The molecule has 0 heterocycles. The molecule has 2 N–H and O–H groups in total. The Kier molecular flexibility index (Phi) is 8.45. The van der Waals surface area contributed by atoms with Crippen LogP contribution in [0.5, 0.6) is 0 Å². The van der Waals surface area contributed by atoms with E-state index in [-0.39, 0.29) is 11.6 Å². The lowest BCUT2D eigenvalue weighted by Gasteiger charge is -2.18. The number of nitro groups is 1. The first kappa shape index (κ1) is 26.2. The van der Waals surface area contributed by atoms with Crippen LogP contribution in [0, 0.1) is 10.1 Å². The summed E-state index contributed by atoms with van der Waals surface area (Å²) in [6.07, 6.45) is 0. The molecule has 0 saturated heterocycles. The highest BCUT2D eigenvalue weighted by molar-refractivity contribution is 8.00. The number of hydrogen-bond acceptors (Lipinski definition) is 5. The highest BCUT2D eigenvalue weighted by Crippen LogP contribution is 2.37. The van der Waals surface area contributed by atoms with Gasteiger partial charge in [0.2, 0.25) is 5.91 Å². The number of anilines is 2. The number of amides is 2. The second-order valence-electron chi connectivity index (χ2n) is 7.80. The number of nitro benzene ring substituents is 1. The molecule has 4 aromatic carbocycles. The Bertz CT molecular complexity index is 1430. The van der Waals surface area contributed by atoms with Crippen molar-refractivity contribution in [2.75, 3.05) is 10.6 Å². The molecule has 37 heavy (non-hydrogen) atoms. The number of halogens is 2. The highest BCUT2D eigenvalue weighted by atomic mass is 35.5. The SMILES string of the molecule is O=C(Nc1ccc(SC(C(=O)Nc2cc(Cl)ccc2Cl)c2ccccc2)cc1)c1ccc([N+](=O)[O-])cc1. The molecule has 0 fully saturated rings. The van der Waals surface area contributed by atoms with Gasteiger partial charge in [-0.25, -0.2) is 0 Å². The molecule has 1 atom stereocenters. The Morgan fingerprint density at radius 1 is 0.838 bits per heavy atom. The van der Waals surface area contributed by atoms with Gasteiger partial charge in [0.15, 0.2) is 0 Å². The van der Waals surface area contributed by atoms with E-state index in [1.54, 1.807) is 42.5 Å². The monoisotopic (exact) mass is 551 g/mol. The van der Waals surface area contributed by atoms with E-state index >= 15 is 0 Å². The van der Waals surface area contributed by atoms with Gasteiger partial charge in [0.1, 0.15) is 5.25 Å². The van der Waals surface area contributed by atoms with Crippen molar-refractivity contribution in [1.29, 1.82) is 0 Å². The Morgan fingerprint density at radius 2 is 1.51 bits per heavy atom. The summed E-state index contributed by atoms with van der Waals surface area (Å²) in [5, 5.41) is 16.7. The summed E-state index contributed by atoms with van der Waals surface area (Å²) < 4.78 is 0. The third-order valence-corrected chi connectivity index (χ3v) is 7.06. The van der Waals surface area contributed by atoms with E-state index in [0.29, 0.717) is 27.0 Å². The van der Waals surface area contributed by atoms with Gasteiger partial charge in [-0.2, -0.15) is 0 Å². The minimum atomic E-state index is -0.586. The first-order chi connectivity index (χ1) is 17.8. The standard InChI is InChI=1S/C27H19Cl2N3O4S/c28-19-8-15-23(29)24(16-19)31-27(34)25(17-4-2-1-3-5-17)37-22-13-9-20(10-14-22)30-26(33)18-6-11-21(12-7-18)32(35)36/h1-16,25H,(H,30,33)(H,31,34). The van der Waals surface area contributed by atoms with Gasteiger partial charge in [0, 0.05) is 33.3 Å². The van der Waals surface area contributed by atoms with E-state index in [9.17, 15) is 19.7 Å². The molecule has 186 valence electrons. The lowest BCUT2D eigenvalue weighted by molar-refractivity contribution is -0.384. The summed E-state index contributed by atoms with van der Waals surface area (Å²) in [7, 11) is 0. The molecule has 0 aromatic heterocycles. The maximum absolute atomic E-state index is 13.3. The number of carbonyl (C=O) groups excluding carboxylic acids is 2. The minimum absolute atomic E-state index is 0.0902. The minimum Gasteiger partial charge on any atom is -0.323 e. The summed E-state index contributed by atoms with van der Waals surface area (Å²) in [5.74, 6) is -0.661. The van der Waals surface area contributed by atoms with Crippen LogP contribution in [-0.2, 0) is 4.79 Å². The van der Waals surface area contributed by atoms with E-state index in [1.807, 2.05) is 30.3 Å². The predicted molar refractivity (Wildman–Crippen MR) is 148 cm³/mol. The fraction of sp³-hybridized carbons (Fsp3) is 0.0370. The van der Waals surface area contributed by atoms with Crippen molar-refractivity contribution in [3.63, 3.8) is 0 Å². The number of carbonyl (C=O) groups is 2. The lowest BCUT2D eigenvalue weighted by Crippen LogP contribution is -2.19. The number of nitrogens with zero attached hydrogens (tertiary/aromatic N) is 1. The molecule has 7 nitrogen and oxygen atoms in total. The van der Waals surface area contributed by atoms with Gasteiger partial charge in [-0.1, -0.05) is 53.5 Å². The molecule has 10 heteroatoms. The van der Waals surface area contributed by atoms with Crippen LogP contribution >= 0.6 is 35.0 Å². The summed E-state index contributed by atoms with van der Waals surface area (Å²) >= 11 is 13.6. The molecule has 0 saturated carbocycles. The number of rotatable bonds is 8. The molecule has 1 unspecified atom stereocenters. The molecule has 2 amide bonds. The normalized spacial score (nSPS) is 11.4. The molecule has 0 spiro atoms. The molecular formula is C27H19Cl2N3O4S. The van der Waals surface area contributed by atoms with Crippen LogP contribution in [-0.4, -0.2) is 16.7 Å². The fourth-order valence-electron chi connectivity index (χ4n) is 3.38. The van der Waals surface area contributed by atoms with Crippen molar-refractivity contribution in [3.05, 3.63) is 128 Å². The summed E-state index contributed by atoms with van der Waals surface area (Å²) in [6, 6.07) is 26.6. The fourth-order valence-corrected chi connectivity index (χ4v) is 4.74. The average Bonchev–Trinajstić information content (AvgIpc) is 2.90. The van der Waals surface area contributed by atoms with Crippen LogP contribution in [0.1, 0.15) is 21.2 Å². The first-order valence-electron chi connectivity index (χ1n) is 10.9. The molecule has 0 radical (unpaired) electrons. The van der Waals surface area contributed by atoms with E-state index < -0.39 is 16.1 Å². The molecule has 0 bridgehead atoms. The Balaban J connectivity index is 1.48. The van der Waals surface area contributed by atoms with Crippen LogP contribution in [0.3, 0.4) is 0 Å². The maximum atomic E-state index is 13.3. The van der Waals surface area contributed by atoms with E-state index in [0.717, 1.165) is 10.5 Å². The number of thioether (sulfide) groups is 1. The summed E-state index contributed by atoms with van der Waals surface area (Å²) in [5.41, 5.74) is 1.97. The van der Waals surface area contributed by atoms with Gasteiger partial charge >= 0.3 is 0 Å². The largest absolute Gasteiger partial charge is 0.323 e. The van der Waals surface area contributed by atoms with Gasteiger partial charge in [-0.15, -0.1) is 11.8 Å². The van der Waals surface area contributed by atoms with Crippen molar-refractivity contribution in [2.45, 2.75) is 10.1 Å². The Hall–Kier alpha value is -3.85. The van der Waals surface area contributed by atoms with Crippen LogP contribution in [0.4, 0.5) is 17.1 Å². The highest BCUT2D eigenvalue weighted by Gasteiger charge is 2.23. The number of hydrogen-bond donors (Lipinski definition) is 2. The smallest absolute Gasteiger partial charge is 0.269 e.